The maximum Gasteiger partial charge on any atom is 0.321 e. The number of carbonyl (C=O) groups excluding carboxylic acids is 2. The van der Waals surface area contributed by atoms with Gasteiger partial charge < -0.3 is 9.88 Å². The predicted molar refractivity (Wildman–Crippen MR) is 83.3 cm³/mol. The minimum atomic E-state index is -0.514. The molecule has 2 rings (SSSR count). The van der Waals surface area contributed by atoms with Crippen molar-refractivity contribution >= 4 is 34.7 Å². The lowest BCUT2D eigenvalue weighted by atomic mass is 10.3. The zero-order chi connectivity index (χ0) is 15.2. The molecule has 6 nitrogen and oxygen atoms in total. The SMILES string of the molecule is C=CCn1c(SCC(=O)NC(=O)NC)nc2ccccc21. The van der Waals surface area contributed by atoms with E-state index in [0.717, 1.165) is 16.2 Å². The third-order valence-electron chi connectivity index (χ3n) is 2.74. The molecule has 0 unspecified atom stereocenters. The molecule has 0 spiro atoms. The number of urea groups is 1. The van der Waals surface area contributed by atoms with E-state index in [-0.39, 0.29) is 11.7 Å². The Hall–Kier alpha value is -2.28. The van der Waals surface area contributed by atoms with Gasteiger partial charge in [-0.15, -0.1) is 6.58 Å². The van der Waals surface area contributed by atoms with Gasteiger partial charge in [0.15, 0.2) is 5.16 Å². The van der Waals surface area contributed by atoms with Crippen molar-refractivity contribution in [2.75, 3.05) is 12.8 Å². The average molecular weight is 304 g/mol. The highest BCUT2D eigenvalue weighted by molar-refractivity contribution is 7.99. The van der Waals surface area contributed by atoms with Crippen molar-refractivity contribution in [2.45, 2.75) is 11.7 Å². The summed E-state index contributed by atoms with van der Waals surface area (Å²) in [6.07, 6.45) is 1.78. The Balaban J connectivity index is 2.14. The van der Waals surface area contributed by atoms with Crippen molar-refractivity contribution < 1.29 is 9.59 Å². The molecule has 0 bridgehead atoms. The first-order valence-corrected chi connectivity index (χ1v) is 7.34. The van der Waals surface area contributed by atoms with Gasteiger partial charge in [-0.25, -0.2) is 9.78 Å². The van der Waals surface area contributed by atoms with E-state index in [9.17, 15) is 9.59 Å². The maximum absolute atomic E-state index is 11.6. The van der Waals surface area contributed by atoms with Gasteiger partial charge >= 0.3 is 6.03 Å². The molecule has 7 heteroatoms. The van der Waals surface area contributed by atoms with Crippen LogP contribution in [0.3, 0.4) is 0 Å². The molecule has 0 fully saturated rings. The summed E-state index contributed by atoms with van der Waals surface area (Å²) in [5.74, 6) is -0.245. The Morgan fingerprint density at radius 2 is 2.19 bits per heavy atom. The summed E-state index contributed by atoms with van der Waals surface area (Å²) in [6.45, 7) is 4.35. The van der Waals surface area contributed by atoms with E-state index in [4.69, 9.17) is 0 Å². The monoisotopic (exact) mass is 304 g/mol. The Morgan fingerprint density at radius 3 is 2.90 bits per heavy atom. The summed E-state index contributed by atoms with van der Waals surface area (Å²) in [5, 5.41) is 5.28. The van der Waals surface area contributed by atoms with Gasteiger partial charge in [0.25, 0.3) is 0 Å². The van der Waals surface area contributed by atoms with Gasteiger partial charge in [-0.05, 0) is 12.1 Å². The summed E-state index contributed by atoms with van der Waals surface area (Å²) in [5.41, 5.74) is 1.86. The molecule has 0 aliphatic rings. The highest BCUT2D eigenvalue weighted by Gasteiger charge is 2.13. The van der Waals surface area contributed by atoms with Crippen LogP contribution in [0.4, 0.5) is 4.79 Å². The highest BCUT2D eigenvalue weighted by atomic mass is 32.2. The first-order valence-electron chi connectivity index (χ1n) is 6.36. The summed E-state index contributed by atoms with van der Waals surface area (Å²) in [6, 6.07) is 7.24. The minimum absolute atomic E-state index is 0.119. The van der Waals surface area contributed by atoms with E-state index in [1.54, 1.807) is 6.08 Å². The second kappa shape index (κ2) is 6.94. The van der Waals surface area contributed by atoms with Crippen LogP contribution in [-0.2, 0) is 11.3 Å². The van der Waals surface area contributed by atoms with E-state index in [1.807, 2.05) is 28.8 Å². The molecule has 0 aliphatic heterocycles. The number of nitrogens with one attached hydrogen (secondary N) is 2. The number of hydrogen-bond donors (Lipinski definition) is 2. The minimum Gasteiger partial charge on any atom is -0.341 e. The number of fused-ring (bicyclic) bond motifs is 1. The van der Waals surface area contributed by atoms with E-state index >= 15 is 0 Å². The van der Waals surface area contributed by atoms with Gasteiger partial charge in [0, 0.05) is 13.6 Å². The largest absolute Gasteiger partial charge is 0.341 e. The number of amides is 3. The van der Waals surface area contributed by atoms with Gasteiger partial charge in [-0.1, -0.05) is 30.0 Å². The number of aromatic nitrogens is 2. The van der Waals surface area contributed by atoms with Crippen LogP contribution in [0, 0.1) is 0 Å². The standard InChI is InChI=1S/C14H16N4O2S/c1-3-8-18-11-7-5-4-6-10(11)16-14(18)21-9-12(19)17-13(20)15-2/h3-7H,1,8-9H2,2H3,(H2,15,17,19,20). The molecule has 0 saturated carbocycles. The van der Waals surface area contributed by atoms with Crippen LogP contribution in [0.25, 0.3) is 11.0 Å². The molecule has 0 aliphatic carbocycles. The second-order valence-electron chi connectivity index (χ2n) is 4.20. The number of imide groups is 1. The molecule has 3 amide bonds. The fraction of sp³-hybridized carbons (Fsp3) is 0.214. The smallest absolute Gasteiger partial charge is 0.321 e. The molecular formula is C14H16N4O2S. The number of imidazole rings is 1. The topological polar surface area (TPSA) is 76.0 Å². The zero-order valence-corrected chi connectivity index (χ0v) is 12.4. The van der Waals surface area contributed by atoms with Crippen molar-refractivity contribution in [3.63, 3.8) is 0 Å². The van der Waals surface area contributed by atoms with Crippen LogP contribution >= 0.6 is 11.8 Å². The molecule has 2 aromatic rings. The number of allylic oxidation sites excluding steroid dienone is 1. The van der Waals surface area contributed by atoms with Crippen LogP contribution in [0.5, 0.6) is 0 Å². The summed E-state index contributed by atoms with van der Waals surface area (Å²) < 4.78 is 1.99. The van der Waals surface area contributed by atoms with Crippen LogP contribution in [0.1, 0.15) is 0 Å². The molecule has 1 aromatic heterocycles. The Kier molecular flexibility index (Phi) is 4.99. The fourth-order valence-corrected chi connectivity index (χ4v) is 2.65. The summed E-state index contributed by atoms with van der Waals surface area (Å²) in [4.78, 5) is 27.2. The van der Waals surface area contributed by atoms with Crippen molar-refractivity contribution in [3.05, 3.63) is 36.9 Å². The van der Waals surface area contributed by atoms with Crippen molar-refractivity contribution in [2.24, 2.45) is 0 Å². The molecule has 0 radical (unpaired) electrons. The van der Waals surface area contributed by atoms with Crippen LogP contribution in [-0.4, -0.2) is 34.3 Å². The molecule has 0 atom stereocenters. The van der Waals surface area contributed by atoms with Gasteiger partial charge in [-0.2, -0.15) is 0 Å². The molecule has 0 saturated heterocycles. The molecule has 1 aromatic carbocycles. The van der Waals surface area contributed by atoms with E-state index < -0.39 is 6.03 Å². The third kappa shape index (κ3) is 3.63. The lowest BCUT2D eigenvalue weighted by Crippen LogP contribution is -2.38. The maximum atomic E-state index is 11.6. The number of benzene rings is 1. The summed E-state index contributed by atoms with van der Waals surface area (Å²) in [7, 11) is 1.46. The number of nitrogens with zero attached hydrogens (tertiary/aromatic N) is 2. The van der Waals surface area contributed by atoms with Crippen LogP contribution in [0.2, 0.25) is 0 Å². The van der Waals surface area contributed by atoms with Gasteiger partial charge in [0.1, 0.15) is 0 Å². The van der Waals surface area contributed by atoms with Crippen molar-refractivity contribution in [3.8, 4) is 0 Å². The molecule has 21 heavy (non-hydrogen) atoms. The highest BCUT2D eigenvalue weighted by Crippen LogP contribution is 2.23. The van der Waals surface area contributed by atoms with E-state index in [0.29, 0.717) is 6.54 Å². The lowest BCUT2D eigenvalue weighted by molar-refractivity contribution is -0.117. The molecule has 110 valence electrons. The number of hydrogen-bond acceptors (Lipinski definition) is 4. The Morgan fingerprint density at radius 1 is 1.43 bits per heavy atom. The summed E-state index contributed by atoms with van der Waals surface area (Å²) >= 11 is 1.29. The zero-order valence-electron chi connectivity index (χ0n) is 11.6. The predicted octanol–water partition coefficient (Wildman–Crippen LogP) is 1.77. The van der Waals surface area contributed by atoms with Crippen molar-refractivity contribution in [1.29, 1.82) is 0 Å². The van der Waals surface area contributed by atoms with Crippen LogP contribution in [0.15, 0.2) is 42.1 Å². The number of carbonyl (C=O) groups is 2. The fourth-order valence-electron chi connectivity index (χ4n) is 1.82. The second-order valence-corrected chi connectivity index (χ2v) is 5.14. The quantitative estimate of drug-likeness (QED) is 0.652. The van der Waals surface area contributed by atoms with E-state index in [1.165, 1.54) is 18.8 Å². The van der Waals surface area contributed by atoms with Crippen molar-refractivity contribution in [1.82, 2.24) is 20.2 Å². The van der Waals surface area contributed by atoms with Gasteiger partial charge in [-0.3, -0.25) is 10.1 Å². The van der Waals surface area contributed by atoms with Gasteiger partial charge in [0.2, 0.25) is 5.91 Å². The Labute approximate surface area is 126 Å². The first-order chi connectivity index (χ1) is 10.2. The normalized spacial score (nSPS) is 10.3. The Bertz CT molecular complexity index is 681. The lowest BCUT2D eigenvalue weighted by Gasteiger charge is -2.06. The van der Waals surface area contributed by atoms with E-state index in [2.05, 4.69) is 22.2 Å². The number of thioether (sulfide) groups is 1. The number of rotatable bonds is 5. The first kappa shape index (κ1) is 15.1. The molecular weight excluding hydrogens is 288 g/mol. The molecule has 1 heterocycles. The number of para-hydroxylation sites is 2. The molecule has 2 N–H and O–H groups in total. The van der Waals surface area contributed by atoms with Gasteiger partial charge in [0.05, 0.1) is 16.8 Å². The van der Waals surface area contributed by atoms with Crippen LogP contribution < -0.4 is 10.6 Å². The average Bonchev–Trinajstić information content (AvgIpc) is 2.83. The third-order valence-corrected chi connectivity index (χ3v) is 3.72.